The van der Waals surface area contributed by atoms with Gasteiger partial charge >= 0.3 is 0 Å². The fourth-order valence-electron chi connectivity index (χ4n) is 1.64. The van der Waals surface area contributed by atoms with Crippen LogP contribution >= 0.6 is 15.9 Å². The van der Waals surface area contributed by atoms with E-state index in [1.165, 1.54) is 12.3 Å². The van der Waals surface area contributed by atoms with Crippen molar-refractivity contribution in [3.63, 3.8) is 0 Å². The van der Waals surface area contributed by atoms with E-state index in [0.717, 1.165) is 12.8 Å². The van der Waals surface area contributed by atoms with E-state index >= 15 is 0 Å². The lowest BCUT2D eigenvalue weighted by molar-refractivity contribution is -0.385. The summed E-state index contributed by atoms with van der Waals surface area (Å²) in [7, 11) is 0. The Kier molecular flexibility index (Phi) is 3.05. The lowest BCUT2D eigenvalue weighted by atomic mass is 10.1. The number of nitrogens with one attached hydrogen (secondary N) is 1. The molecule has 17 heavy (non-hydrogen) atoms. The Bertz CT molecular complexity index is 460. The number of aliphatic hydroxyl groups excluding tert-OH is 1. The summed E-state index contributed by atoms with van der Waals surface area (Å²) in [4.78, 5) is 14.1. The highest BCUT2D eigenvalue weighted by Crippen LogP contribution is 2.42. The number of aromatic nitrogens is 1. The quantitative estimate of drug-likeness (QED) is 0.656. The number of hydrogen-bond donors (Lipinski definition) is 2. The van der Waals surface area contributed by atoms with Gasteiger partial charge in [0.1, 0.15) is 12.0 Å². The highest BCUT2D eigenvalue weighted by Gasteiger charge is 2.47. The van der Waals surface area contributed by atoms with Gasteiger partial charge in [-0.25, -0.2) is 4.98 Å². The van der Waals surface area contributed by atoms with Crippen molar-refractivity contribution < 1.29 is 10.0 Å². The van der Waals surface area contributed by atoms with E-state index in [1.54, 1.807) is 6.92 Å². The van der Waals surface area contributed by atoms with Crippen LogP contribution in [0.4, 0.5) is 11.5 Å². The van der Waals surface area contributed by atoms with Gasteiger partial charge in [0.05, 0.1) is 21.0 Å². The zero-order valence-electron chi connectivity index (χ0n) is 9.18. The summed E-state index contributed by atoms with van der Waals surface area (Å²) >= 11 is 3.23. The molecule has 1 aromatic rings. The van der Waals surface area contributed by atoms with Gasteiger partial charge in [0, 0.05) is 6.07 Å². The molecule has 1 unspecified atom stereocenters. The number of pyridine rings is 1. The largest absolute Gasteiger partial charge is 0.391 e. The Morgan fingerprint density at radius 3 is 2.76 bits per heavy atom. The molecule has 0 aliphatic heterocycles. The normalized spacial score (nSPS) is 18.5. The van der Waals surface area contributed by atoms with Gasteiger partial charge in [0.25, 0.3) is 5.69 Å². The van der Waals surface area contributed by atoms with Gasteiger partial charge in [-0.2, -0.15) is 0 Å². The molecule has 1 saturated carbocycles. The standard InChI is InChI=1S/C10H12BrN3O3/c1-6(15)10(2-3-10)13-9-8(11)4-7(5-12-9)14(16)17/h4-6,15H,2-3H2,1H3,(H,12,13). The molecule has 1 aliphatic carbocycles. The zero-order valence-corrected chi connectivity index (χ0v) is 10.8. The van der Waals surface area contributed by atoms with Crippen molar-refractivity contribution in [2.24, 2.45) is 0 Å². The number of nitro groups is 1. The third-order valence-corrected chi connectivity index (χ3v) is 3.60. The first-order valence-electron chi connectivity index (χ1n) is 5.21. The average molecular weight is 302 g/mol. The van der Waals surface area contributed by atoms with Crippen molar-refractivity contribution in [1.29, 1.82) is 0 Å². The highest BCUT2D eigenvalue weighted by molar-refractivity contribution is 9.10. The van der Waals surface area contributed by atoms with Crippen LogP contribution < -0.4 is 5.32 Å². The maximum absolute atomic E-state index is 10.6. The number of hydrogen-bond acceptors (Lipinski definition) is 5. The van der Waals surface area contributed by atoms with E-state index in [2.05, 4.69) is 26.2 Å². The van der Waals surface area contributed by atoms with Crippen LogP contribution in [-0.4, -0.2) is 26.7 Å². The van der Waals surface area contributed by atoms with E-state index in [4.69, 9.17) is 0 Å². The second-order valence-corrected chi connectivity index (χ2v) is 5.09. The van der Waals surface area contributed by atoms with Gasteiger partial charge in [-0.1, -0.05) is 0 Å². The predicted octanol–water partition coefficient (Wildman–Crippen LogP) is 2.08. The number of anilines is 1. The second-order valence-electron chi connectivity index (χ2n) is 4.24. The van der Waals surface area contributed by atoms with Crippen LogP contribution in [0.2, 0.25) is 0 Å². The Morgan fingerprint density at radius 1 is 1.71 bits per heavy atom. The lowest BCUT2D eigenvalue weighted by Crippen LogP contribution is -2.34. The Balaban J connectivity index is 2.20. The topological polar surface area (TPSA) is 88.3 Å². The molecule has 1 aromatic heterocycles. The van der Waals surface area contributed by atoms with Gasteiger partial charge in [0.15, 0.2) is 0 Å². The van der Waals surface area contributed by atoms with E-state index < -0.39 is 11.0 Å². The molecule has 1 aliphatic rings. The molecule has 1 atom stereocenters. The van der Waals surface area contributed by atoms with E-state index in [9.17, 15) is 15.2 Å². The number of nitrogens with zero attached hydrogens (tertiary/aromatic N) is 2. The van der Waals surface area contributed by atoms with E-state index in [1.807, 2.05) is 0 Å². The van der Waals surface area contributed by atoms with Crippen LogP contribution in [0, 0.1) is 10.1 Å². The summed E-state index contributed by atoms with van der Waals surface area (Å²) in [5.74, 6) is 0.522. The van der Waals surface area contributed by atoms with Crippen molar-refractivity contribution in [2.75, 3.05) is 5.32 Å². The van der Waals surface area contributed by atoms with Crippen LogP contribution in [0.5, 0.6) is 0 Å². The molecule has 6 nitrogen and oxygen atoms in total. The van der Waals surface area contributed by atoms with Gasteiger partial charge < -0.3 is 10.4 Å². The van der Waals surface area contributed by atoms with Crippen molar-refractivity contribution in [2.45, 2.75) is 31.4 Å². The number of aliphatic hydroxyl groups is 1. The zero-order chi connectivity index (χ0) is 12.6. The van der Waals surface area contributed by atoms with Crippen LogP contribution in [0.3, 0.4) is 0 Å². The first-order valence-corrected chi connectivity index (χ1v) is 6.00. The third-order valence-electron chi connectivity index (χ3n) is 2.99. The van der Waals surface area contributed by atoms with Crippen molar-refractivity contribution in [1.82, 2.24) is 4.98 Å². The van der Waals surface area contributed by atoms with Crippen LogP contribution in [-0.2, 0) is 0 Å². The minimum atomic E-state index is -0.497. The molecule has 0 spiro atoms. The van der Waals surface area contributed by atoms with Crippen LogP contribution in [0.25, 0.3) is 0 Å². The molecule has 92 valence electrons. The Hall–Kier alpha value is -1.21. The predicted molar refractivity (Wildman–Crippen MR) is 65.9 cm³/mol. The molecule has 0 radical (unpaired) electrons. The second kappa shape index (κ2) is 4.23. The molecule has 1 heterocycles. The van der Waals surface area contributed by atoms with Crippen LogP contribution in [0.1, 0.15) is 19.8 Å². The summed E-state index contributed by atoms with van der Waals surface area (Å²) in [5.41, 5.74) is -0.393. The minimum Gasteiger partial charge on any atom is -0.391 e. The number of rotatable bonds is 4. The fraction of sp³-hybridized carbons (Fsp3) is 0.500. The molecule has 0 saturated heterocycles. The van der Waals surface area contributed by atoms with Crippen LogP contribution in [0.15, 0.2) is 16.7 Å². The molecular formula is C10H12BrN3O3. The minimum absolute atomic E-state index is 0.0654. The summed E-state index contributed by atoms with van der Waals surface area (Å²) in [6.45, 7) is 1.72. The molecule has 2 N–H and O–H groups in total. The molecule has 0 amide bonds. The van der Waals surface area contributed by atoms with Crippen molar-refractivity contribution in [3.8, 4) is 0 Å². The average Bonchev–Trinajstić information content (AvgIpc) is 3.02. The lowest BCUT2D eigenvalue weighted by Gasteiger charge is -2.21. The Morgan fingerprint density at radius 2 is 2.35 bits per heavy atom. The maximum atomic E-state index is 10.6. The Labute approximate surface area is 106 Å². The van der Waals surface area contributed by atoms with Gasteiger partial charge in [-0.05, 0) is 35.7 Å². The third kappa shape index (κ3) is 2.39. The van der Waals surface area contributed by atoms with Gasteiger partial charge in [0.2, 0.25) is 0 Å². The first-order chi connectivity index (χ1) is 7.94. The van der Waals surface area contributed by atoms with Crippen molar-refractivity contribution in [3.05, 3.63) is 26.9 Å². The van der Waals surface area contributed by atoms with E-state index in [0.29, 0.717) is 10.3 Å². The molecule has 0 aromatic carbocycles. The smallest absolute Gasteiger partial charge is 0.288 e. The summed E-state index contributed by atoms with van der Waals surface area (Å²) in [6.07, 6.45) is 2.46. The number of halogens is 1. The monoisotopic (exact) mass is 301 g/mol. The fourth-order valence-corrected chi connectivity index (χ4v) is 2.07. The highest BCUT2D eigenvalue weighted by atomic mass is 79.9. The van der Waals surface area contributed by atoms with Gasteiger partial charge in [-0.15, -0.1) is 0 Å². The molecule has 1 fully saturated rings. The molecule has 2 rings (SSSR count). The first kappa shape index (κ1) is 12.3. The molecule has 0 bridgehead atoms. The summed E-state index contributed by atoms with van der Waals surface area (Å²) in [6, 6.07) is 1.40. The maximum Gasteiger partial charge on any atom is 0.288 e. The molecular weight excluding hydrogens is 290 g/mol. The SMILES string of the molecule is CC(O)C1(Nc2ncc([N+](=O)[O-])cc2Br)CC1. The summed E-state index contributed by atoms with van der Waals surface area (Å²) in [5, 5.41) is 23.3. The summed E-state index contributed by atoms with van der Waals surface area (Å²) < 4.78 is 0.527. The van der Waals surface area contributed by atoms with Gasteiger partial charge in [-0.3, -0.25) is 10.1 Å². The van der Waals surface area contributed by atoms with E-state index in [-0.39, 0.29) is 11.2 Å². The molecule has 7 heteroatoms. The van der Waals surface area contributed by atoms with Crippen molar-refractivity contribution >= 4 is 27.4 Å².